The highest BCUT2D eigenvalue weighted by Crippen LogP contribution is 2.31. The zero-order chi connectivity index (χ0) is 18.8. The molecule has 4 nitrogen and oxygen atoms in total. The van der Waals surface area contributed by atoms with Crippen molar-refractivity contribution >= 4 is 24.8 Å². The molecule has 0 radical (unpaired) electrons. The Balaban J connectivity index is 0.00000364. The molecule has 0 amide bonds. The van der Waals surface area contributed by atoms with E-state index in [4.69, 9.17) is 9.47 Å². The molecular weight excluding hydrogens is 402 g/mol. The van der Waals surface area contributed by atoms with Gasteiger partial charge in [0.05, 0.1) is 7.11 Å². The Morgan fingerprint density at radius 3 is 2.29 bits per heavy atom. The number of nitrogens with one attached hydrogen (secondary N) is 1. The van der Waals surface area contributed by atoms with E-state index in [0.717, 1.165) is 43.1 Å². The van der Waals surface area contributed by atoms with E-state index in [1.807, 2.05) is 18.2 Å². The second kappa shape index (κ2) is 14.5. The van der Waals surface area contributed by atoms with Crippen molar-refractivity contribution in [1.82, 2.24) is 10.2 Å². The number of methoxy groups -OCH3 is 1. The number of ether oxygens (including phenoxy) is 2. The molecule has 0 fully saturated rings. The molecular formula is C21H31Cl2FN2O2. The van der Waals surface area contributed by atoms with Gasteiger partial charge in [0.2, 0.25) is 0 Å². The van der Waals surface area contributed by atoms with Crippen molar-refractivity contribution in [2.75, 3.05) is 33.3 Å². The summed E-state index contributed by atoms with van der Waals surface area (Å²) in [7, 11) is 1.64. The van der Waals surface area contributed by atoms with Crippen LogP contribution in [0, 0.1) is 5.82 Å². The minimum atomic E-state index is -0.246. The van der Waals surface area contributed by atoms with Gasteiger partial charge in [0.15, 0.2) is 11.5 Å². The zero-order valence-electron chi connectivity index (χ0n) is 16.7. The highest BCUT2D eigenvalue weighted by atomic mass is 35.5. The summed E-state index contributed by atoms with van der Waals surface area (Å²) in [5.41, 5.74) is 1.96. The van der Waals surface area contributed by atoms with E-state index >= 15 is 0 Å². The first-order chi connectivity index (χ1) is 12.7. The van der Waals surface area contributed by atoms with Crippen molar-refractivity contribution < 1.29 is 13.9 Å². The normalized spacial score (nSPS) is 10.2. The molecule has 2 rings (SSSR count). The zero-order valence-corrected chi connectivity index (χ0v) is 18.4. The van der Waals surface area contributed by atoms with Crippen LogP contribution in [0.4, 0.5) is 4.39 Å². The van der Waals surface area contributed by atoms with Crippen LogP contribution in [-0.2, 0) is 13.2 Å². The van der Waals surface area contributed by atoms with Crippen molar-refractivity contribution in [1.29, 1.82) is 0 Å². The molecule has 0 unspecified atom stereocenters. The highest BCUT2D eigenvalue weighted by molar-refractivity contribution is 5.85. The molecule has 0 aliphatic carbocycles. The number of para-hydroxylation sites is 1. The fourth-order valence-corrected chi connectivity index (χ4v) is 2.76. The average Bonchev–Trinajstić information content (AvgIpc) is 2.68. The monoisotopic (exact) mass is 432 g/mol. The Morgan fingerprint density at radius 1 is 1.00 bits per heavy atom. The van der Waals surface area contributed by atoms with Gasteiger partial charge in [-0.25, -0.2) is 4.39 Å². The van der Waals surface area contributed by atoms with Gasteiger partial charge in [-0.3, -0.25) is 0 Å². The summed E-state index contributed by atoms with van der Waals surface area (Å²) >= 11 is 0. The summed E-state index contributed by atoms with van der Waals surface area (Å²) in [6, 6.07) is 12.2. The van der Waals surface area contributed by atoms with Crippen molar-refractivity contribution in [3.05, 3.63) is 59.4 Å². The first-order valence-corrected chi connectivity index (χ1v) is 9.14. The molecule has 0 spiro atoms. The summed E-state index contributed by atoms with van der Waals surface area (Å²) in [6.45, 7) is 9.47. The number of nitrogens with zero attached hydrogens (tertiary/aromatic N) is 1. The molecule has 7 heteroatoms. The van der Waals surface area contributed by atoms with Gasteiger partial charge in [-0.05, 0) is 36.9 Å². The van der Waals surface area contributed by atoms with Crippen LogP contribution in [0.25, 0.3) is 0 Å². The lowest BCUT2D eigenvalue weighted by molar-refractivity contribution is 0.279. The van der Waals surface area contributed by atoms with Gasteiger partial charge >= 0.3 is 0 Å². The van der Waals surface area contributed by atoms with E-state index in [9.17, 15) is 4.39 Å². The number of hydrogen-bond acceptors (Lipinski definition) is 4. The number of likely N-dealkylation sites (N-methyl/N-ethyl adjacent to an activating group) is 1. The molecule has 2 aromatic rings. The lowest BCUT2D eigenvalue weighted by Gasteiger charge is -2.19. The first kappa shape index (κ1) is 26.5. The lowest BCUT2D eigenvalue weighted by Crippen LogP contribution is -2.31. The second-order valence-corrected chi connectivity index (χ2v) is 6.07. The summed E-state index contributed by atoms with van der Waals surface area (Å²) in [5.74, 6) is 1.19. The topological polar surface area (TPSA) is 33.7 Å². The number of hydrogen-bond donors (Lipinski definition) is 1. The van der Waals surface area contributed by atoms with Crippen molar-refractivity contribution in [2.45, 2.75) is 27.0 Å². The van der Waals surface area contributed by atoms with Crippen LogP contribution < -0.4 is 14.8 Å². The van der Waals surface area contributed by atoms with Crippen molar-refractivity contribution in [3.63, 3.8) is 0 Å². The minimum Gasteiger partial charge on any atom is -0.493 e. The standard InChI is InChI=1S/C21H29FN2O2.2ClH/c1-4-24(5-2)14-13-23-15-18-7-6-8-20(25-3)21(18)26-16-17-9-11-19(22)12-10-17;;/h6-12,23H,4-5,13-16H2,1-3H3;2*1H. The predicted molar refractivity (Wildman–Crippen MR) is 118 cm³/mol. The number of benzene rings is 2. The third-order valence-corrected chi connectivity index (χ3v) is 4.39. The number of rotatable bonds is 11. The van der Waals surface area contributed by atoms with Crippen molar-refractivity contribution in [3.8, 4) is 11.5 Å². The molecule has 0 saturated heterocycles. The third kappa shape index (κ3) is 8.23. The van der Waals surface area contributed by atoms with Gasteiger partial charge in [0.25, 0.3) is 0 Å². The van der Waals surface area contributed by atoms with E-state index in [0.29, 0.717) is 18.9 Å². The van der Waals surface area contributed by atoms with Crippen LogP contribution in [0.5, 0.6) is 11.5 Å². The summed E-state index contributed by atoms with van der Waals surface area (Å²) in [6.07, 6.45) is 0. The summed E-state index contributed by atoms with van der Waals surface area (Å²) in [4.78, 5) is 2.38. The molecule has 0 aliphatic heterocycles. The molecule has 28 heavy (non-hydrogen) atoms. The van der Waals surface area contributed by atoms with Crippen LogP contribution in [0.2, 0.25) is 0 Å². The van der Waals surface area contributed by atoms with Gasteiger partial charge in [-0.1, -0.05) is 38.1 Å². The lowest BCUT2D eigenvalue weighted by atomic mass is 10.1. The molecule has 0 aliphatic rings. The Morgan fingerprint density at radius 2 is 1.68 bits per heavy atom. The van der Waals surface area contributed by atoms with Gasteiger partial charge in [-0.2, -0.15) is 0 Å². The predicted octanol–water partition coefficient (Wildman–Crippen LogP) is 4.69. The fourth-order valence-electron chi connectivity index (χ4n) is 2.76. The maximum Gasteiger partial charge on any atom is 0.166 e. The van der Waals surface area contributed by atoms with Crippen LogP contribution in [-0.4, -0.2) is 38.2 Å². The van der Waals surface area contributed by atoms with E-state index < -0.39 is 0 Å². The Bertz CT molecular complexity index is 668. The molecule has 0 bridgehead atoms. The SMILES string of the molecule is CCN(CC)CCNCc1cccc(OC)c1OCc1ccc(F)cc1.Cl.Cl. The van der Waals surface area contributed by atoms with E-state index in [1.54, 1.807) is 19.2 Å². The largest absolute Gasteiger partial charge is 0.493 e. The van der Waals surface area contributed by atoms with Crippen LogP contribution in [0.15, 0.2) is 42.5 Å². The van der Waals surface area contributed by atoms with E-state index in [-0.39, 0.29) is 30.6 Å². The highest BCUT2D eigenvalue weighted by Gasteiger charge is 2.11. The Labute approximate surface area is 180 Å². The minimum absolute atomic E-state index is 0. The second-order valence-electron chi connectivity index (χ2n) is 6.07. The van der Waals surface area contributed by atoms with Gasteiger partial charge in [0.1, 0.15) is 12.4 Å². The Hall–Kier alpha value is -1.53. The first-order valence-electron chi connectivity index (χ1n) is 9.14. The maximum atomic E-state index is 13.0. The molecule has 0 aromatic heterocycles. The van der Waals surface area contributed by atoms with Crippen LogP contribution in [0.3, 0.4) is 0 Å². The van der Waals surface area contributed by atoms with E-state index in [1.165, 1.54) is 12.1 Å². The number of halogens is 3. The molecule has 2 aromatic carbocycles. The quantitative estimate of drug-likeness (QED) is 0.522. The van der Waals surface area contributed by atoms with Gasteiger partial charge in [0, 0.05) is 25.2 Å². The Kier molecular flexibility index (Phi) is 13.7. The van der Waals surface area contributed by atoms with Gasteiger partial charge in [-0.15, -0.1) is 24.8 Å². The molecule has 0 saturated carbocycles. The smallest absolute Gasteiger partial charge is 0.166 e. The molecule has 0 atom stereocenters. The molecule has 0 heterocycles. The summed E-state index contributed by atoms with van der Waals surface area (Å²) < 4.78 is 24.5. The van der Waals surface area contributed by atoms with Crippen LogP contribution in [0.1, 0.15) is 25.0 Å². The van der Waals surface area contributed by atoms with E-state index in [2.05, 4.69) is 24.1 Å². The third-order valence-electron chi connectivity index (χ3n) is 4.39. The van der Waals surface area contributed by atoms with Gasteiger partial charge < -0.3 is 19.7 Å². The van der Waals surface area contributed by atoms with Crippen molar-refractivity contribution in [2.24, 2.45) is 0 Å². The van der Waals surface area contributed by atoms with Crippen LogP contribution >= 0.6 is 24.8 Å². The average molecular weight is 433 g/mol. The maximum absolute atomic E-state index is 13.0. The fraction of sp³-hybridized carbons (Fsp3) is 0.429. The molecule has 1 N–H and O–H groups in total. The molecule has 158 valence electrons. The summed E-state index contributed by atoms with van der Waals surface area (Å²) in [5, 5.41) is 3.47.